The third kappa shape index (κ3) is 26.4. The molecular weight excluding hydrogens is 148 g/mol. The maximum atomic E-state index is 9.81. The van der Waals surface area contributed by atoms with Gasteiger partial charge in [0.15, 0.2) is 0 Å². The normalized spacial score (nSPS) is 7.20. The van der Waals surface area contributed by atoms with E-state index in [0.29, 0.717) is 9.52 Å². The van der Waals surface area contributed by atoms with Gasteiger partial charge < -0.3 is 4.74 Å². The van der Waals surface area contributed by atoms with Gasteiger partial charge in [-0.15, -0.1) is 0 Å². The molecule has 0 heterocycles. The van der Waals surface area contributed by atoms with Crippen LogP contribution in [0, 0.1) is 0 Å². The number of ether oxygens (including phenoxy) is 1. The number of hydrogen-bond acceptors (Lipinski definition) is 3. The Labute approximate surface area is 63.6 Å². The summed E-state index contributed by atoms with van der Waals surface area (Å²) in [7, 11) is 0.417. The van der Waals surface area contributed by atoms with E-state index in [4.69, 9.17) is 0 Å². The van der Waals surface area contributed by atoms with Gasteiger partial charge in [-0.2, -0.15) is 0 Å². The van der Waals surface area contributed by atoms with Crippen molar-refractivity contribution in [2.24, 2.45) is 0 Å². The molecule has 60 valence electrons. The monoisotopic (exact) mass is 162 g/mol. The lowest BCUT2D eigenvalue weighted by Crippen LogP contribution is -2.03. The van der Waals surface area contributed by atoms with Crippen molar-refractivity contribution in [1.82, 2.24) is 0 Å². The molecule has 0 aliphatic rings. The van der Waals surface area contributed by atoms with Crippen LogP contribution in [0.5, 0.6) is 0 Å². The second-order valence-electron chi connectivity index (χ2n) is 1.79. The summed E-state index contributed by atoms with van der Waals surface area (Å²) in [5.74, 6) is -1.12. The van der Waals surface area contributed by atoms with Gasteiger partial charge in [-0.05, 0) is 0 Å². The van der Waals surface area contributed by atoms with E-state index in [1.165, 1.54) is 13.8 Å². The molecule has 0 saturated carbocycles. The molecule has 0 atom stereocenters. The van der Waals surface area contributed by atoms with Crippen LogP contribution in [0.4, 0.5) is 0 Å². The van der Waals surface area contributed by atoms with E-state index in [1.54, 1.807) is 0 Å². The summed E-state index contributed by atoms with van der Waals surface area (Å²) in [6.45, 7) is 6.89. The molecule has 0 N–H and O–H groups in total. The van der Waals surface area contributed by atoms with E-state index in [1.807, 2.05) is 0 Å². The van der Waals surface area contributed by atoms with E-state index in [-0.39, 0.29) is 0 Å². The van der Waals surface area contributed by atoms with Crippen molar-refractivity contribution in [2.75, 3.05) is 0 Å². The second-order valence-corrected chi connectivity index (χ2v) is 3.21. The average Bonchev–Trinajstić information content (AvgIpc) is 1.62. The van der Waals surface area contributed by atoms with Gasteiger partial charge in [0.05, 0.1) is 0 Å². The third-order valence-electron chi connectivity index (χ3n) is 0.287. The minimum absolute atomic E-state index is 0.417. The number of carbonyl (C=O) groups excluding carboxylic acids is 2. The van der Waals surface area contributed by atoms with Crippen LogP contribution in [-0.4, -0.2) is 21.5 Å². The van der Waals surface area contributed by atoms with Gasteiger partial charge in [0.1, 0.15) is 0 Å². The van der Waals surface area contributed by atoms with Gasteiger partial charge in [-0.1, -0.05) is 13.1 Å². The first-order valence-corrected chi connectivity index (χ1v) is 6.06. The van der Waals surface area contributed by atoms with Crippen LogP contribution in [0.1, 0.15) is 13.8 Å². The molecule has 0 saturated heterocycles. The largest absolute Gasteiger partial charge is 0.394 e. The van der Waals surface area contributed by atoms with Crippen LogP contribution < -0.4 is 0 Å². The summed E-state index contributed by atoms with van der Waals surface area (Å²) >= 11 is 0. The van der Waals surface area contributed by atoms with Crippen LogP contribution in [0.15, 0.2) is 0 Å². The summed E-state index contributed by atoms with van der Waals surface area (Å²) in [4.78, 5) is 19.6. The van der Waals surface area contributed by atoms with Crippen molar-refractivity contribution >= 4 is 21.5 Å². The van der Waals surface area contributed by atoms with Crippen LogP contribution in [0.3, 0.4) is 0 Å². The molecule has 0 aliphatic carbocycles. The zero-order chi connectivity index (χ0) is 8.57. The first kappa shape index (κ1) is 12.1. The van der Waals surface area contributed by atoms with Gasteiger partial charge >= 0.3 is 11.9 Å². The molecule has 3 nitrogen and oxygen atoms in total. The molecule has 0 amide bonds. The van der Waals surface area contributed by atoms with Crippen molar-refractivity contribution in [3.8, 4) is 0 Å². The Morgan fingerprint density at radius 2 is 1.30 bits per heavy atom. The summed E-state index contributed by atoms with van der Waals surface area (Å²) < 4.78 is 3.97. The summed E-state index contributed by atoms with van der Waals surface area (Å²) in [6.07, 6.45) is 0. The predicted molar refractivity (Wildman–Crippen MR) is 42.7 cm³/mol. The summed E-state index contributed by atoms with van der Waals surface area (Å²) in [6, 6.07) is 0. The van der Waals surface area contributed by atoms with Crippen LogP contribution >= 0.6 is 0 Å². The highest BCUT2D eigenvalue weighted by atomic mass is 28.2. The fourth-order valence-electron chi connectivity index (χ4n) is 0.202. The van der Waals surface area contributed by atoms with Crippen molar-refractivity contribution in [3.63, 3.8) is 0 Å². The van der Waals surface area contributed by atoms with E-state index >= 15 is 0 Å². The maximum Gasteiger partial charge on any atom is 0.310 e. The van der Waals surface area contributed by atoms with Crippen molar-refractivity contribution in [3.05, 3.63) is 0 Å². The highest BCUT2D eigenvalue weighted by Gasteiger charge is 1.93. The molecular formula is C6H14O3Si. The van der Waals surface area contributed by atoms with Crippen molar-refractivity contribution < 1.29 is 14.3 Å². The Morgan fingerprint density at radius 3 is 1.30 bits per heavy atom. The smallest absolute Gasteiger partial charge is 0.310 e. The predicted octanol–water partition coefficient (Wildman–Crippen LogP) is 0.347. The van der Waals surface area contributed by atoms with Gasteiger partial charge in [0, 0.05) is 23.4 Å². The van der Waals surface area contributed by atoms with E-state index in [0.717, 1.165) is 0 Å². The fourth-order valence-corrected chi connectivity index (χ4v) is 0.202. The lowest BCUT2D eigenvalue weighted by Gasteiger charge is -1.87. The van der Waals surface area contributed by atoms with Crippen LogP contribution in [0.2, 0.25) is 13.1 Å². The number of esters is 2. The van der Waals surface area contributed by atoms with Crippen LogP contribution in [0.25, 0.3) is 0 Å². The quantitative estimate of drug-likeness (QED) is 0.293. The van der Waals surface area contributed by atoms with E-state index in [9.17, 15) is 9.59 Å². The molecule has 0 fully saturated rings. The Balaban J connectivity index is 0. The highest BCUT2D eigenvalue weighted by Crippen LogP contribution is 1.73. The Bertz CT molecular complexity index is 99.6. The van der Waals surface area contributed by atoms with E-state index in [2.05, 4.69) is 17.8 Å². The topological polar surface area (TPSA) is 43.4 Å². The first-order valence-electron chi connectivity index (χ1n) is 3.23. The Morgan fingerprint density at radius 1 is 1.10 bits per heavy atom. The SMILES string of the molecule is CC(=O)OC(C)=O.C[SiH2]C. The summed E-state index contributed by atoms with van der Waals surface area (Å²) in [5.41, 5.74) is 0. The third-order valence-corrected chi connectivity index (χ3v) is 0.287. The van der Waals surface area contributed by atoms with E-state index < -0.39 is 11.9 Å². The number of rotatable bonds is 0. The molecule has 0 aliphatic heterocycles. The molecule has 0 aromatic heterocycles. The lowest BCUT2D eigenvalue weighted by atomic mass is 10.7. The highest BCUT2D eigenvalue weighted by molar-refractivity contribution is 6.31. The molecule has 0 rings (SSSR count). The molecule has 0 aromatic rings. The lowest BCUT2D eigenvalue weighted by molar-refractivity contribution is -0.156. The van der Waals surface area contributed by atoms with Crippen LogP contribution in [-0.2, 0) is 14.3 Å². The maximum absolute atomic E-state index is 9.81. The fraction of sp³-hybridized carbons (Fsp3) is 0.667. The zero-order valence-corrected chi connectivity index (χ0v) is 8.35. The minimum atomic E-state index is -0.562. The zero-order valence-electron chi connectivity index (χ0n) is 6.93. The first-order chi connectivity index (χ1) is 4.54. The molecule has 0 bridgehead atoms. The molecule has 0 radical (unpaired) electrons. The molecule has 0 unspecified atom stereocenters. The number of carbonyl (C=O) groups is 2. The Kier molecular flexibility index (Phi) is 10.1. The molecule has 0 spiro atoms. The standard InChI is InChI=1S/C4H6O3.C2H8Si/c1-3(5)7-4(2)6;1-3-2/h1-2H3;3H2,1-2H3. The minimum Gasteiger partial charge on any atom is -0.394 e. The van der Waals surface area contributed by atoms with Gasteiger partial charge in [0.2, 0.25) is 0 Å². The summed E-state index contributed by atoms with van der Waals surface area (Å²) in [5, 5.41) is 0. The molecule has 0 aromatic carbocycles. The molecule has 4 heteroatoms. The number of hydrogen-bond donors (Lipinski definition) is 0. The molecule has 10 heavy (non-hydrogen) atoms. The second kappa shape index (κ2) is 8.36. The van der Waals surface area contributed by atoms with Gasteiger partial charge in [-0.25, -0.2) is 0 Å². The van der Waals surface area contributed by atoms with Gasteiger partial charge in [-0.3, -0.25) is 9.59 Å². The van der Waals surface area contributed by atoms with Crippen molar-refractivity contribution in [2.45, 2.75) is 26.9 Å². The van der Waals surface area contributed by atoms with Crippen molar-refractivity contribution in [1.29, 1.82) is 0 Å². The van der Waals surface area contributed by atoms with Gasteiger partial charge in [0.25, 0.3) is 0 Å². The average molecular weight is 162 g/mol. The Hall–Kier alpha value is -0.643.